The fourth-order valence-electron chi connectivity index (χ4n) is 7.75. The minimum atomic E-state index is -0.209. The molecule has 0 amide bonds. The molecule has 0 radical (unpaired) electrons. The fourth-order valence-corrected chi connectivity index (χ4v) is 7.75. The van der Waals surface area contributed by atoms with Gasteiger partial charge in [-0.1, -0.05) is 149 Å². The summed E-state index contributed by atoms with van der Waals surface area (Å²) < 4.78 is 18.7. The van der Waals surface area contributed by atoms with Gasteiger partial charge in [0.2, 0.25) is 0 Å². The predicted octanol–water partition coefficient (Wildman–Crippen LogP) is 12.0. The summed E-state index contributed by atoms with van der Waals surface area (Å²) in [6, 6.07) is 48.8. The molecule has 1 heteroatoms. The molecule has 0 atom stereocenters. The molecule has 0 fully saturated rings. The molecular weight excluding hydrogens is 542 g/mol. The van der Waals surface area contributed by atoms with Gasteiger partial charge >= 0.3 is 0 Å². The molecule has 8 rings (SSSR count). The summed E-state index contributed by atoms with van der Waals surface area (Å²) in [7, 11) is 0. The Bertz CT molecular complexity index is 2220. The van der Waals surface area contributed by atoms with Gasteiger partial charge in [0.1, 0.15) is 0 Å². The van der Waals surface area contributed by atoms with Gasteiger partial charge in [-0.15, -0.1) is 0 Å². The average molecular weight is 582 g/mol. The number of anilines is 3. The van der Waals surface area contributed by atoms with E-state index in [9.17, 15) is 2.74 Å². The third-order valence-corrected chi connectivity index (χ3v) is 9.84. The summed E-state index contributed by atoms with van der Waals surface area (Å²) in [5.74, 6) is 0. The van der Waals surface area contributed by atoms with Crippen molar-refractivity contribution in [1.29, 1.82) is 0 Å². The van der Waals surface area contributed by atoms with Gasteiger partial charge < -0.3 is 4.90 Å². The smallest absolute Gasteiger partial charge is 0.0629 e. The van der Waals surface area contributed by atoms with E-state index < -0.39 is 0 Å². The molecule has 2 aliphatic carbocycles. The topological polar surface area (TPSA) is 3.24 Å². The van der Waals surface area contributed by atoms with Crippen LogP contribution in [0.15, 0.2) is 140 Å². The van der Waals surface area contributed by atoms with E-state index in [4.69, 9.17) is 0 Å². The number of fused-ring (bicyclic) bond motifs is 5. The molecule has 0 spiro atoms. The second-order valence-corrected chi connectivity index (χ2v) is 13.2. The highest BCUT2D eigenvalue weighted by atomic mass is 15.1. The highest BCUT2D eigenvalue weighted by Gasteiger charge is 2.49. The van der Waals surface area contributed by atoms with Crippen molar-refractivity contribution in [3.05, 3.63) is 173 Å². The normalized spacial score (nSPS) is 16.8. The van der Waals surface area contributed by atoms with Gasteiger partial charge in [-0.05, 0) is 80.2 Å². The van der Waals surface area contributed by atoms with Crippen molar-refractivity contribution in [3.63, 3.8) is 0 Å². The third kappa shape index (κ3) is 4.22. The molecule has 0 saturated carbocycles. The molecule has 1 nitrogen and oxygen atoms in total. The number of hydrogen-bond donors (Lipinski definition) is 0. The molecule has 6 aromatic carbocycles. The average Bonchev–Trinajstić information content (AvgIpc) is 3.50. The molecule has 6 aromatic rings. The zero-order valence-corrected chi connectivity index (χ0v) is 26.2. The van der Waals surface area contributed by atoms with Crippen molar-refractivity contribution >= 4 is 51.1 Å². The Morgan fingerprint density at radius 1 is 0.511 bits per heavy atom. The van der Waals surface area contributed by atoms with E-state index >= 15 is 0 Å². The Kier molecular flexibility index (Phi) is 5.72. The van der Waals surface area contributed by atoms with Gasteiger partial charge in [-0.25, -0.2) is 0 Å². The highest BCUT2D eigenvalue weighted by Crippen LogP contribution is 2.62. The zero-order valence-electron chi connectivity index (χ0n) is 28.2. The number of para-hydroxylation sites is 2. The Labute approximate surface area is 269 Å². The lowest BCUT2D eigenvalue weighted by atomic mass is 9.75. The van der Waals surface area contributed by atoms with Crippen LogP contribution in [0.1, 0.15) is 63.8 Å². The van der Waals surface area contributed by atoms with Crippen LogP contribution in [-0.4, -0.2) is 0 Å². The predicted molar refractivity (Wildman–Crippen MR) is 193 cm³/mol. The van der Waals surface area contributed by atoms with Gasteiger partial charge in [0.25, 0.3) is 0 Å². The summed E-state index contributed by atoms with van der Waals surface area (Å²) in [4.78, 5) is 2.26. The summed E-state index contributed by atoms with van der Waals surface area (Å²) in [6.07, 6.45) is 0. The first-order valence-electron chi connectivity index (χ1n) is 16.8. The van der Waals surface area contributed by atoms with Gasteiger partial charge in [0, 0.05) is 27.6 Å². The number of rotatable bonds is 5. The standard InChI is InChI=1S/C44H37N/c1-43(2)38-22-14-13-21-36(38)41-42(43)37-27-24-30(29-39(37)44(41,3)4)23-25-31-26-28-40(35-20-12-11-19-34(31)35)45(32-15-7-5-8-16-32)33-17-9-6-10-18-33/h5-29H,1-4H3/b25-23+/i23D,25D. The van der Waals surface area contributed by atoms with E-state index in [1.807, 2.05) is 36.4 Å². The number of hydrogen-bond acceptors (Lipinski definition) is 1. The summed E-state index contributed by atoms with van der Waals surface area (Å²) in [5, 5.41) is 1.99. The fraction of sp³-hybridized carbons (Fsp3) is 0.136. The van der Waals surface area contributed by atoms with E-state index in [-0.39, 0.29) is 22.9 Å². The molecule has 45 heavy (non-hydrogen) atoms. The Balaban J connectivity index is 1.24. The van der Waals surface area contributed by atoms with Gasteiger partial charge in [0.15, 0.2) is 0 Å². The van der Waals surface area contributed by atoms with Crippen LogP contribution in [0, 0.1) is 0 Å². The van der Waals surface area contributed by atoms with Gasteiger partial charge in [0.05, 0.1) is 8.43 Å². The van der Waals surface area contributed by atoms with Crippen molar-refractivity contribution in [1.82, 2.24) is 0 Å². The minimum absolute atomic E-state index is 0.0930. The molecule has 0 heterocycles. The molecular formula is C44H37N. The molecule has 0 bridgehead atoms. The molecule has 0 aliphatic heterocycles. The van der Waals surface area contributed by atoms with Crippen molar-refractivity contribution in [3.8, 4) is 0 Å². The maximum atomic E-state index is 9.39. The Morgan fingerprint density at radius 2 is 1.07 bits per heavy atom. The van der Waals surface area contributed by atoms with Crippen molar-refractivity contribution < 1.29 is 2.74 Å². The molecule has 0 N–H and O–H groups in total. The molecule has 0 unspecified atom stereocenters. The molecule has 0 aromatic heterocycles. The van der Waals surface area contributed by atoms with E-state index in [2.05, 4.69) is 136 Å². The number of allylic oxidation sites excluding steroid dienone is 2. The van der Waals surface area contributed by atoms with Crippen LogP contribution in [-0.2, 0) is 10.8 Å². The van der Waals surface area contributed by atoms with Crippen LogP contribution in [0.3, 0.4) is 0 Å². The first-order chi connectivity index (χ1) is 22.7. The van der Waals surface area contributed by atoms with E-state index in [1.54, 1.807) is 0 Å². The largest absolute Gasteiger partial charge is 0.310 e. The summed E-state index contributed by atoms with van der Waals surface area (Å²) >= 11 is 0. The minimum Gasteiger partial charge on any atom is -0.310 e. The van der Waals surface area contributed by atoms with Crippen LogP contribution in [0.5, 0.6) is 0 Å². The zero-order chi connectivity index (χ0) is 32.5. The Morgan fingerprint density at radius 3 is 1.76 bits per heavy atom. The lowest BCUT2D eigenvalue weighted by Gasteiger charge is -2.28. The van der Waals surface area contributed by atoms with Crippen LogP contribution in [0.2, 0.25) is 0 Å². The van der Waals surface area contributed by atoms with Crippen LogP contribution in [0.4, 0.5) is 17.1 Å². The second-order valence-electron chi connectivity index (χ2n) is 13.2. The lowest BCUT2D eigenvalue weighted by molar-refractivity contribution is 0.694. The first kappa shape index (κ1) is 25.2. The van der Waals surface area contributed by atoms with Crippen molar-refractivity contribution in [2.45, 2.75) is 38.5 Å². The van der Waals surface area contributed by atoms with Gasteiger partial charge in [-0.3, -0.25) is 0 Å². The second kappa shape index (κ2) is 10.2. The van der Waals surface area contributed by atoms with E-state index in [1.165, 1.54) is 33.4 Å². The summed E-state index contributed by atoms with van der Waals surface area (Å²) in [5.41, 5.74) is 12.4. The molecule has 0 saturated heterocycles. The highest BCUT2D eigenvalue weighted by molar-refractivity contribution is 6.09. The Hall–Kier alpha value is -5.14. The SMILES string of the molecule is [2H]/C(=C(/[2H])c1ccc(N(c2ccccc2)c2ccccc2)c2ccccc12)c1ccc2c(c1)C(C)(C)C1=C2C(C)(C)c2ccccc21. The maximum absolute atomic E-state index is 9.39. The quantitative estimate of drug-likeness (QED) is 0.183. The van der Waals surface area contributed by atoms with Gasteiger partial charge in [-0.2, -0.15) is 0 Å². The van der Waals surface area contributed by atoms with E-state index in [0.717, 1.165) is 39.0 Å². The van der Waals surface area contributed by atoms with Crippen LogP contribution in [0.25, 0.3) is 34.0 Å². The lowest BCUT2D eigenvalue weighted by Crippen LogP contribution is -2.19. The molecule has 2 aliphatic rings. The number of nitrogens with zero attached hydrogens (tertiary/aromatic N) is 1. The van der Waals surface area contributed by atoms with Crippen molar-refractivity contribution in [2.75, 3.05) is 4.90 Å². The van der Waals surface area contributed by atoms with Crippen LogP contribution < -0.4 is 4.90 Å². The maximum Gasteiger partial charge on any atom is 0.0629 e. The monoisotopic (exact) mass is 581 g/mol. The van der Waals surface area contributed by atoms with Crippen molar-refractivity contribution in [2.24, 2.45) is 0 Å². The first-order valence-corrected chi connectivity index (χ1v) is 15.8. The van der Waals surface area contributed by atoms with E-state index in [0.29, 0.717) is 0 Å². The third-order valence-electron chi connectivity index (χ3n) is 9.84. The molecule has 218 valence electrons. The number of benzene rings is 6. The summed E-state index contributed by atoms with van der Waals surface area (Å²) in [6.45, 7) is 9.28. The van der Waals surface area contributed by atoms with Crippen LogP contribution >= 0.6 is 0 Å².